The molecular weight excluding hydrogens is 377 g/mol. The van der Waals surface area contributed by atoms with Crippen LogP contribution in [0.4, 0.5) is 0 Å². The van der Waals surface area contributed by atoms with E-state index in [1.54, 1.807) is 17.6 Å². The highest BCUT2D eigenvalue weighted by Gasteiger charge is 2.18. The Morgan fingerprint density at radius 1 is 1.38 bits per heavy atom. The molecule has 0 saturated carbocycles. The zero-order valence-electron chi connectivity index (χ0n) is 7.82. The minimum absolute atomic E-state index is 0.595. The maximum Gasteiger partial charge on any atom is 0.123 e. The Hall–Kier alpha value is 0.0600. The van der Waals surface area contributed by atoms with Crippen molar-refractivity contribution < 1.29 is 5.11 Å². The SMILES string of the molecule is OC(c1cc(Cl)ccc1Br)c1scnc1Br. The summed E-state index contributed by atoms with van der Waals surface area (Å²) in [5, 5.41) is 10.8. The fourth-order valence-electron chi connectivity index (χ4n) is 1.28. The third kappa shape index (κ3) is 2.49. The zero-order valence-corrected chi connectivity index (χ0v) is 12.6. The van der Waals surface area contributed by atoms with Gasteiger partial charge in [-0.05, 0) is 34.1 Å². The number of aliphatic hydroxyl groups excluding tert-OH is 1. The highest BCUT2D eigenvalue weighted by molar-refractivity contribution is 9.10. The Kier molecular flexibility index (Phi) is 4.02. The number of benzene rings is 1. The van der Waals surface area contributed by atoms with Crippen molar-refractivity contribution >= 4 is 54.8 Å². The van der Waals surface area contributed by atoms with Gasteiger partial charge in [-0.15, -0.1) is 11.3 Å². The molecule has 1 N–H and O–H groups in total. The molecule has 1 heterocycles. The summed E-state index contributed by atoms with van der Waals surface area (Å²) in [6, 6.07) is 5.32. The predicted molar refractivity (Wildman–Crippen MR) is 73.0 cm³/mol. The molecule has 0 saturated heterocycles. The first-order valence-electron chi connectivity index (χ1n) is 4.31. The summed E-state index contributed by atoms with van der Waals surface area (Å²) in [7, 11) is 0. The maximum atomic E-state index is 10.2. The lowest BCUT2D eigenvalue weighted by molar-refractivity contribution is 0.222. The van der Waals surface area contributed by atoms with E-state index in [1.807, 2.05) is 6.07 Å². The number of thiazole rings is 1. The van der Waals surface area contributed by atoms with Gasteiger partial charge in [-0.2, -0.15) is 0 Å². The monoisotopic (exact) mass is 381 g/mol. The van der Waals surface area contributed by atoms with Crippen LogP contribution >= 0.6 is 54.8 Å². The molecule has 2 aromatic rings. The topological polar surface area (TPSA) is 33.1 Å². The average molecular weight is 383 g/mol. The summed E-state index contributed by atoms with van der Waals surface area (Å²) in [4.78, 5) is 4.81. The Morgan fingerprint density at radius 3 is 2.75 bits per heavy atom. The highest BCUT2D eigenvalue weighted by Crippen LogP contribution is 2.35. The Morgan fingerprint density at radius 2 is 2.12 bits per heavy atom. The van der Waals surface area contributed by atoms with Crippen molar-refractivity contribution in [3.8, 4) is 0 Å². The van der Waals surface area contributed by atoms with E-state index in [-0.39, 0.29) is 0 Å². The molecule has 0 aliphatic heterocycles. The van der Waals surface area contributed by atoms with Gasteiger partial charge in [0.05, 0.1) is 10.4 Å². The van der Waals surface area contributed by atoms with Crippen molar-refractivity contribution in [3.63, 3.8) is 0 Å². The van der Waals surface area contributed by atoms with Gasteiger partial charge in [0.1, 0.15) is 10.7 Å². The van der Waals surface area contributed by atoms with Crippen molar-refractivity contribution in [1.82, 2.24) is 4.98 Å². The van der Waals surface area contributed by atoms with E-state index in [0.717, 1.165) is 14.9 Å². The van der Waals surface area contributed by atoms with Crippen LogP contribution in [0.1, 0.15) is 16.5 Å². The van der Waals surface area contributed by atoms with Gasteiger partial charge in [-0.25, -0.2) is 4.98 Å². The average Bonchev–Trinajstić information content (AvgIpc) is 2.67. The lowest BCUT2D eigenvalue weighted by atomic mass is 10.1. The van der Waals surface area contributed by atoms with E-state index in [1.165, 1.54) is 11.3 Å². The molecular formula is C10H6Br2ClNOS. The first kappa shape index (κ1) is 12.5. The number of rotatable bonds is 2. The van der Waals surface area contributed by atoms with E-state index in [9.17, 15) is 5.11 Å². The molecule has 0 bridgehead atoms. The van der Waals surface area contributed by atoms with Gasteiger partial charge in [0.15, 0.2) is 0 Å². The molecule has 1 aromatic heterocycles. The van der Waals surface area contributed by atoms with Crippen LogP contribution < -0.4 is 0 Å². The highest BCUT2D eigenvalue weighted by atomic mass is 79.9. The third-order valence-electron chi connectivity index (χ3n) is 2.05. The molecule has 0 aliphatic carbocycles. The van der Waals surface area contributed by atoms with Gasteiger partial charge in [0, 0.05) is 15.1 Å². The molecule has 0 aliphatic rings. The normalized spacial score (nSPS) is 12.8. The maximum absolute atomic E-state index is 10.2. The van der Waals surface area contributed by atoms with Crippen molar-refractivity contribution in [1.29, 1.82) is 0 Å². The van der Waals surface area contributed by atoms with E-state index in [2.05, 4.69) is 36.8 Å². The molecule has 6 heteroatoms. The molecule has 1 aromatic carbocycles. The van der Waals surface area contributed by atoms with Crippen molar-refractivity contribution in [2.45, 2.75) is 6.10 Å². The Bertz CT molecular complexity index is 517. The Labute approximate surface area is 119 Å². The molecule has 1 atom stereocenters. The van der Waals surface area contributed by atoms with Crippen LogP contribution in [0, 0.1) is 0 Å². The van der Waals surface area contributed by atoms with Crippen LogP contribution in [0.2, 0.25) is 5.02 Å². The first-order chi connectivity index (χ1) is 7.59. The molecule has 84 valence electrons. The molecule has 0 radical (unpaired) electrons. The Balaban J connectivity index is 2.45. The van der Waals surface area contributed by atoms with E-state index >= 15 is 0 Å². The zero-order chi connectivity index (χ0) is 11.7. The summed E-state index contributed by atoms with van der Waals surface area (Å²) in [5.74, 6) is 0. The number of hydrogen-bond donors (Lipinski definition) is 1. The molecule has 1 unspecified atom stereocenters. The van der Waals surface area contributed by atoms with Crippen LogP contribution in [0.3, 0.4) is 0 Å². The third-order valence-corrected chi connectivity index (χ3v) is 4.78. The van der Waals surface area contributed by atoms with Crippen LogP contribution in [0.15, 0.2) is 32.8 Å². The quantitative estimate of drug-likeness (QED) is 0.834. The van der Waals surface area contributed by atoms with Crippen LogP contribution in [0.5, 0.6) is 0 Å². The largest absolute Gasteiger partial charge is 0.383 e. The fraction of sp³-hybridized carbons (Fsp3) is 0.100. The molecule has 0 fully saturated rings. The van der Waals surface area contributed by atoms with Gasteiger partial charge in [-0.3, -0.25) is 0 Å². The first-order valence-corrected chi connectivity index (χ1v) is 7.16. The second-order valence-corrected chi connectivity index (χ2v) is 6.00. The molecule has 2 nitrogen and oxygen atoms in total. The van der Waals surface area contributed by atoms with Crippen LogP contribution in [0.25, 0.3) is 0 Å². The number of halogens is 3. The summed E-state index contributed by atoms with van der Waals surface area (Å²) < 4.78 is 1.49. The van der Waals surface area contributed by atoms with E-state index in [4.69, 9.17) is 11.6 Å². The summed E-state index contributed by atoms with van der Waals surface area (Å²) in [5.41, 5.74) is 2.42. The standard InChI is InChI=1S/C10H6Br2ClNOS/c11-7-2-1-5(13)3-6(7)8(15)9-10(12)14-4-16-9/h1-4,8,15H. The van der Waals surface area contributed by atoms with Gasteiger partial charge in [-0.1, -0.05) is 27.5 Å². The number of aromatic nitrogens is 1. The summed E-state index contributed by atoms with van der Waals surface area (Å²) in [6.45, 7) is 0. The van der Waals surface area contributed by atoms with Gasteiger partial charge >= 0.3 is 0 Å². The predicted octanol–water partition coefficient (Wildman–Crippen LogP) is 4.40. The number of aliphatic hydroxyl groups is 1. The second-order valence-electron chi connectivity index (χ2n) is 3.08. The fourth-order valence-corrected chi connectivity index (χ4v) is 3.34. The van der Waals surface area contributed by atoms with E-state index < -0.39 is 6.10 Å². The van der Waals surface area contributed by atoms with E-state index in [0.29, 0.717) is 9.63 Å². The minimum Gasteiger partial charge on any atom is -0.383 e. The van der Waals surface area contributed by atoms with Gasteiger partial charge < -0.3 is 5.11 Å². The molecule has 2 rings (SSSR count). The van der Waals surface area contributed by atoms with Crippen molar-refractivity contribution in [2.75, 3.05) is 0 Å². The van der Waals surface area contributed by atoms with Crippen LogP contribution in [-0.2, 0) is 0 Å². The smallest absolute Gasteiger partial charge is 0.123 e. The van der Waals surface area contributed by atoms with Crippen molar-refractivity contribution in [3.05, 3.63) is 48.2 Å². The number of hydrogen-bond acceptors (Lipinski definition) is 3. The van der Waals surface area contributed by atoms with Gasteiger partial charge in [0.25, 0.3) is 0 Å². The lowest BCUT2D eigenvalue weighted by Gasteiger charge is -2.11. The van der Waals surface area contributed by atoms with Crippen molar-refractivity contribution in [2.24, 2.45) is 0 Å². The molecule has 0 spiro atoms. The lowest BCUT2D eigenvalue weighted by Crippen LogP contribution is -1.99. The second kappa shape index (κ2) is 5.14. The molecule has 0 amide bonds. The van der Waals surface area contributed by atoms with Gasteiger partial charge in [0.2, 0.25) is 0 Å². The molecule has 16 heavy (non-hydrogen) atoms. The number of nitrogens with zero attached hydrogens (tertiary/aromatic N) is 1. The summed E-state index contributed by atoms with van der Waals surface area (Å²) in [6.07, 6.45) is -0.727. The minimum atomic E-state index is -0.727. The summed E-state index contributed by atoms with van der Waals surface area (Å²) >= 11 is 14.0. The van der Waals surface area contributed by atoms with Crippen LogP contribution in [-0.4, -0.2) is 10.1 Å².